The van der Waals surface area contributed by atoms with Gasteiger partial charge in [-0.25, -0.2) is 0 Å². The van der Waals surface area contributed by atoms with Gasteiger partial charge < -0.3 is 14.7 Å². The Balaban J connectivity index is 1.21. The van der Waals surface area contributed by atoms with Gasteiger partial charge in [0.05, 0.1) is 0 Å². The standard InChI is InChI=1S/C26H28N2O3/c29-24(19-27-15-17-28(18-16-27)23-9-5-2-6-10-23)20-31-25-13-11-22(12-14-25)26(30)21-7-3-1-4-8-21/h1-14,24,29H,15-20H2/t24-/m1/s1. The van der Waals surface area contributed by atoms with E-state index in [9.17, 15) is 9.90 Å². The van der Waals surface area contributed by atoms with Gasteiger partial charge in [-0.3, -0.25) is 9.69 Å². The number of ether oxygens (including phenoxy) is 1. The Bertz CT molecular complexity index is 953. The average Bonchev–Trinajstić information content (AvgIpc) is 2.84. The zero-order chi connectivity index (χ0) is 21.5. The summed E-state index contributed by atoms with van der Waals surface area (Å²) in [6.45, 7) is 4.56. The van der Waals surface area contributed by atoms with Crippen molar-refractivity contribution in [1.82, 2.24) is 4.90 Å². The van der Waals surface area contributed by atoms with Crippen molar-refractivity contribution in [3.05, 3.63) is 96.1 Å². The highest BCUT2D eigenvalue weighted by Gasteiger charge is 2.19. The molecule has 160 valence electrons. The number of benzene rings is 3. The van der Waals surface area contributed by atoms with Crippen LogP contribution in [0.15, 0.2) is 84.9 Å². The van der Waals surface area contributed by atoms with E-state index in [-0.39, 0.29) is 12.4 Å². The Labute approximate surface area is 183 Å². The Kier molecular flexibility index (Phi) is 6.97. The van der Waals surface area contributed by atoms with Gasteiger partial charge in [0.25, 0.3) is 0 Å². The summed E-state index contributed by atoms with van der Waals surface area (Å²) in [5.74, 6) is 0.638. The van der Waals surface area contributed by atoms with Crippen LogP contribution < -0.4 is 9.64 Å². The molecule has 1 aliphatic rings. The fraction of sp³-hybridized carbons (Fsp3) is 0.269. The highest BCUT2D eigenvalue weighted by atomic mass is 16.5. The molecule has 1 N–H and O–H groups in total. The second kappa shape index (κ2) is 10.2. The molecular formula is C26H28N2O3. The van der Waals surface area contributed by atoms with Crippen molar-refractivity contribution in [3.8, 4) is 5.75 Å². The first-order valence-corrected chi connectivity index (χ1v) is 10.7. The molecule has 0 unspecified atom stereocenters. The highest BCUT2D eigenvalue weighted by molar-refractivity contribution is 6.08. The van der Waals surface area contributed by atoms with Crippen LogP contribution in [0, 0.1) is 0 Å². The minimum absolute atomic E-state index is 0.0122. The predicted molar refractivity (Wildman–Crippen MR) is 123 cm³/mol. The third-order valence-corrected chi connectivity index (χ3v) is 5.56. The van der Waals surface area contributed by atoms with E-state index < -0.39 is 6.10 Å². The molecule has 1 heterocycles. The third kappa shape index (κ3) is 5.72. The van der Waals surface area contributed by atoms with E-state index in [4.69, 9.17) is 4.74 Å². The number of piperazine rings is 1. The van der Waals surface area contributed by atoms with Crippen molar-refractivity contribution >= 4 is 11.5 Å². The number of carbonyl (C=O) groups excluding carboxylic acids is 1. The minimum atomic E-state index is -0.561. The lowest BCUT2D eigenvalue weighted by atomic mass is 10.0. The molecular weight excluding hydrogens is 388 g/mol. The van der Waals surface area contributed by atoms with E-state index in [1.807, 2.05) is 36.4 Å². The van der Waals surface area contributed by atoms with Crippen molar-refractivity contribution < 1.29 is 14.6 Å². The first-order chi connectivity index (χ1) is 15.2. The molecule has 3 aromatic rings. The maximum Gasteiger partial charge on any atom is 0.193 e. The monoisotopic (exact) mass is 416 g/mol. The largest absolute Gasteiger partial charge is 0.491 e. The SMILES string of the molecule is O=C(c1ccccc1)c1ccc(OC[C@H](O)CN2CCN(c3ccccc3)CC2)cc1. The Morgan fingerprint density at radius 1 is 0.806 bits per heavy atom. The zero-order valence-electron chi connectivity index (χ0n) is 17.6. The summed E-state index contributed by atoms with van der Waals surface area (Å²) in [5, 5.41) is 10.4. The Morgan fingerprint density at radius 3 is 2.03 bits per heavy atom. The molecule has 0 saturated carbocycles. The summed E-state index contributed by atoms with van der Waals surface area (Å²) >= 11 is 0. The lowest BCUT2D eigenvalue weighted by Crippen LogP contribution is -2.49. The van der Waals surface area contributed by atoms with Crippen molar-refractivity contribution in [2.75, 3.05) is 44.2 Å². The Hall–Kier alpha value is -3.15. The van der Waals surface area contributed by atoms with Crippen LogP contribution >= 0.6 is 0 Å². The summed E-state index contributed by atoms with van der Waals surface area (Å²) < 4.78 is 5.74. The third-order valence-electron chi connectivity index (χ3n) is 5.56. The molecule has 1 fully saturated rings. The number of anilines is 1. The molecule has 0 spiro atoms. The second-order valence-electron chi connectivity index (χ2n) is 7.81. The molecule has 5 nitrogen and oxygen atoms in total. The van der Waals surface area contributed by atoms with Gasteiger partial charge in [0.1, 0.15) is 18.5 Å². The van der Waals surface area contributed by atoms with Crippen LogP contribution in [0.25, 0.3) is 0 Å². The minimum Gasteiger partial charge on any atom is -0.491 e. The predicted octanol–water partition coefficient (Wildman–Crippen LogP) is 3.48. The number of β-amino-alcohol motifs (C(OH)–C–C–N with tert-alkyl or cyclic N) is 1. The second-order valence-corrected chi connectivity index (χ2v) is 7.81. The number of hydrogen-bond donors (Lipinski definition) is 1. The normalized spacial score (nSPS) is 15.5. The van der Waals surface area contributed by atoms with E-state index in [2.05, 4.69) is 34.1 Å². The van der Waals surface area contributed by atoms with Gasteiger partial charge in [0, 0.05) is 49.5 Å². The van der Waals surface area contributed by atoms with Gasteiger partial charge in [-0.15, -0.1) is 0 Å². The number of nitrogens with zero attached hydrogens (tertiary/aromatic N) is 2. The van der Waals surface area contributed by atoms with Crippen LogP contribution in [0.5, 0.6) is 5.75 Å². The smallest absolute Gasteiger partial charge is 0.193 e. The molecule has 4 rings (SSSR count). The van der Waals surface area contributed by atoms with Crippen molar-refractivity contribution in [2.24, 2.45) is 0 Å². The zero-order valence-corrected chi connectivity index (χ0v) is 17.6. The molecule has 1 saturated heterocycles. The molecule has 0 radical (unpaired) electrons. The van der Waals surface area contributed by atoms with Crippen LogP contribution in [0.3, 0.4) is 0 Å². The van der Waals surface area contributed by atoms with E-state index in [0.717, 1.165) is 26.2 Å². The maximum atomic E-state index is 12.5. The topological polar surface area (TPSA) is 53.0 Å². The molecule has 1 aliphatic heterocycles. The van der Waals surface area contributed by atoms with Crippen molar-refractivity contribution in [3.63, 3.8) is 0 Å². The maximum absolute atomic E-state index is 12.5. The number of hydrogen-bond acceptors (Lipinski definition) is 5. The molecule has 0 amide bonds. The molecule has 5 heteroatoms. The first kappa shape index (κ1) is 21.1. The van der Waals surface area contributed by atoms with Crippen molar-refractivity contribution in [1.29, 1.82) is 0 Å². The first-order valence-electron chi connectivity index (χ1n) is 10.7. The number of rotatable bonds is 8. The number of aliphatic hydroxyl groups excluding tert-OH is 1. The molecule has 1 atom stereocenters. The molecule has 0 aromatic heterocycles. The summed E-state index contributed by atoms with van der Waals surface area (Å²) in [4.78, 5) is 17.1. The van der Waals surface area contributed by atoms with E-state index in [1.165, 1.54) is 5.69 Å². The van der Waals surface area contributed by atoms with Crippen LogP contribution in [-0.4, -0.2) is 61.2 Å². The van der Waals surface area contributed by atoms with Gasteiger partial charge >= 0.3 is 0 Å². The summed E-state index contributed by atoms with van der Waals surface area (Å²) in [5.41, 5.74) is 2.54. The summed E-state index contributed by atoms with van der Waals surface area (Å²) in [6, 6.07) is 26.7. The van der Waals surface area contributed by atoms with Crippen LogP contribution in [0.4, 0.5) is 5.69 Å². The molecule has 0 bridgehead atoms. The molecule has 0 aliphatic carbocycles. The van der Waals surface area contributed by atoms with Gasteiger partial charge in [0.2, 0.25) is 0 Å². The number of ketones is 1. The number of para-hydroxylation sites is 1. The van der Waals surface area contributed by atoms with Gasteiger partial charge in [-0.1, -0.05) is 48.5 Å². The molecule has 31 heavy (non-hydrogen) atoms. The summed E-state index contributed by atoms with van der Waals surface area (Å²) in [6.07, 6.45) is -0.561. The van der Waals surface area contributed by atoms with Gasteiger partial charge in [-0.2, -0.15) is 0 Å². The van der Waals surface area contributed by atoms with E-state index >= 15 is 0 Å². The van der Waals surface area contributed by atoms with Gasteiger partial charge in [-0.05, 0) is 36.4 Å². The average molecular weight is 417 g/mol. The van der Waals surface area contributed by atoms with Crippen molar-refractivity contribution in [2.45, 2.75) is 6.10 Å². The number of carbonyl (C=O) groups is 1. The van der Waals surface area contributed by atoms with Gasteiger partial charge in [0.15, 0.2) is 5.78 Å². The summed E-state index contributed by atoms with van der Waals surface area (Å²) in [7, 11) is 0. The fourth-order valence-corrected chi connectivity index (χ4v) is 3.83. The molecule has 3 aromatic carbocycles. The fourth-order valence-electron chi connectivity index (χ4n) is 3.83. The quantitative estimate of drug-likeness (QED) is 0.570. The van der Waals surface area contributed by atoms with Crippen LogP contribution in [0.2, 0.25) is 0 Å². The number of aliphatic hydroxyl groups is 1. The van der Waals surface area contributed by atoms with E-state index in [1.54, 1.807) is 24.3 Å². The van der Waals surface area contributed by atoms with E-state index in [0.29, 0.717) is 23.4 Å². The van der Waals surface area contributed by atoms with Crippen LogP contribution in [0.1, 0.15) is 15.9 Å². The lowest BCUT2D eigenvalue weighted by Gasteiger charge is -2.36. The Morgan fingerprint density at radius 2 is 1.39 bits per heavy atom. The highest BCUT2D eigenvalue weighted by Crippen LogP contribution is 2.17. The van der Waals surface area contributed by atoms with Crippen LogP contribution in [-0.2, 0) is 0 Å². The lowest BCUT2D eigenvalue weighted by molar-refractivity contribution is 0.0663.